The molecule has 5 nitrogen and oxygen atoms in total. The molecule has 0 unspecified atom stereocenters. The summed E-state index contributed by atoms with van der Waals surface area (Å²) in [4.78, 5) is 12.0. The van der Waals surface area contributed by atoms with Gasteiger partial charge in [-0.25, -0.2) is 0 Å². The molecule has 124 valence electrons. The Bertz CT molecular complexity index is 773. The lowest BCUT2D eigenvalue weighted by molar-refractivity contribution is 0.0446. The van der Waals surface area contributed by atoms with Crippen LogP contribution >= 0.6 is 0 Å². The monoisotopic (exact) mass is 324 g/mol. The molecule has 1 aliphatic rings. The highest BCUT2D eigenvalue weighted by Gasteiger charge is 2.34. The van der Waals surface area contributed by atoms with Gasteiger partial charge in [0.1, 0.15) is 5.60 Å². The Labute approximate surface area is 141 Å². The molecule has 2 atom stereocenters. The summed E-state index contributed by atoms with van der Waals surface area (Å²) in [6, 6.07) is 9.26. The maximum atomic E-state index is 12.0. The molecule has 1 amide bonds. The van der Waals surface area contributed by atoms with Gasteiger partial charge in [-0.3, -0.25) is 4.79 Å². The van der Waals surface area contributed by atoms with Crippen LogP contribution in [0.1, 0.15) is 47.4 Å². The molecule has 1 saturated carbocycles. The second kappa shape index (κ2) is 6.90. The fraction of sp³-hybridized carbons (Fsp3) is 0.368. The van der Waals surface area contributed by atoms with Crippen LogP contribution in [0.2, 0.25) is 0 Å². The Hall–Kier alpha value is -2.58. The van der Waals surface area contributed by atoms with Crippen molar-refractivity contribution in [3.05, 3.63) is 53.4 Å². The first-order chi connectivity index (χ1) is 11.5. The van der Waals surface area contributed by atoms with E-state index in [1.54, 1.807) is 0 Å². The number of hydrogen-bond acceptors (Lipinski definition) is 4. The Balaban J connectivity index is 1.67. The molecule has 0 bridgehead atoms. The van der Waals surface area contributed by atoms with Crippen molar-refractivity contribution in [3.8, 4) is 11.8 Å². The second-order valence-corrected chi connectivity index (χ2v) is 6.29. The van der Waals surface area contributed by atoms with Crippen molar-refractivity contribution in [2.24, 2.45) is 0 Å². The summed E-state index contributed by atoms with van der Waals surface area (Å²) >= 11 is 0. The lowest BCUT2D eigenvalue weighted by Gasteiger charge is -2.33. The summed E-state index contributed by atoms with van der Waals surface area (Å²) in [6.07, 6.45) is 4.07. The Kier molecular flexibility index (Phi) is 4.68. The van der Waals surface area contributed by atoms with Gasteiger partial charge in [0.25, 0.3) is 5.91 Å². The first kappa shape index (κ1) is 16.3. The van der Waals surface area contributed by atoms with Crippen LogP contribution < -0.4 is 5.32 Å². The highest BCUT2D eigenvalue weighted by molar-refractivity contribution is 5.91. The molecule has 0 radical (unpaired) electrons. The number of carbonyl (C=O) groups excluding carboxylic acids is 1. The fourth-order valence-corrected chi connectivity index (χ4v) is 2.99. The molecule has 3 rings (SSSR count). The van der Waals surface area contributed by atoms with E-state index in [1.807, 2.05) is 31.2 Å². The van der Waals surface area contributed by atoms with E-state index in [9.17, 15) is 9.90 Å². The van der Waals surface area contributed by atoms with Gasteiger partial charge in [0.05, 0.1) is 6.20 Å². The molecule has 1 fully saturated rings. The predicted molar refractivity (Wildman–Crippen MR) is 89.2 cm³/mol. The standard InChI is InChI=1S/C19H20N2O3/c1-14-4-2-5-15(12-14)7-10-19(23)9-3-6-16(13-19)21-18(22)17-8-11-20-24-17/h2,4-5,8,11-12,16,23H,3,6,9,13H2,1H3,(H,21,22)/t16-,19+/m0/s1. The van der Waals surface area contributed by atoms with Gasteiger partial charge in [-0.2, -0.15) is 0 Å². The highest BCUT2D eigenvalue weighted by atomic mass is 16.5. The fourth-order valence-electron chi connectivity index (χ4n) is 2.99. The molecule has 5 heteroatoms. The zero-order valence-electron chi connectivity index (χ0n) is 13.6. The summed E-state index contributed by atoms with van der Waals surface area (Å²) < 4.78 is 4.85. The van der Waals surface area contributed by atoms with Crippen LogP contribution in [-0.4, -0.2) is 27.8 Å². The summed E-state index contributed by atoms with van der Waals surface area (Å²) in [5, 5.41) is 17.2. The second-order valence-electron chi connectivity index (χ2n) is 6.29. The average Bonchev–Trinajstić information content (AvgIpc) is 3.08. The maximum absolute atomic E-state index is 12.0. The van der Waals surface area contributed by atoms with E-state index in [2.05, 4.69) is 22.3 Å². The van der Waals surface area contributed by atoms with Crippen LogP contribution in [0.4, 0.5) is 0 Å². The molecule has 0 aliphatic heterocycles. The van der Waals surface area contributed by atoms with Crippen LogP contribution in [-0.2, 0) is 0 Å². The Morgan fingerprint density at radius 2 is 2.33 bits per heavy atom. The molecular formula is C19H20N2O3. The molecule has 2 N–H and O–H groups in total. The number of aryl methyl sites for hydroxylation is 1. The minimum absolute atomic E-state index is 0.131. The number of aliphatic hydroxyl groups is 1. The predicted octanol–water partition coefficient (Wildman–Crippen LogP) is 2.44. The van der Waals surface area contributed by atoms with Crippen molar-refractivity contribution in [1.29, 1.82) is 0 Å². The molecule has 2 aromatic rings. The van der Waals surface area contributed by atoms with Crippen LogP contribution in [0.3, 0.4) is 0 Å². The third-order valence-electron chi connectivity index (χ3n) is 4.18. The molecule has 0 spiro atoms. The van der Waals surface area contributed by atoms with E-state index >= 15 is 0 Å². The lowest BCUT2D eigenvalue weighted by atomic mass is 9.82. The average molecular weight is 324 g/mol. The van der Waals surface area contributed by atoms with Crippen molar-refractivity contribution >= 4 is 5.91 Å². The van der Waals surface area contributed by atoms with Crippen LogP contribution in [0, 0.1) is 18.8 Å². The minimum atomic E-state index is -1.08. The van der Waals surface area contributed by atoms with Gasteiger partial charge in [-0.05, 0) is 43.9 Å². The summed E-state index contributed by atoms with van der Waals surface area (Å²) in [5.41, 5.74) is 0.937. The minimum Gasteiger partial charge on any atom is -0.378 e. The SMILES string of the molecule is Cc1cccc(C#C[C@]2(O)CCC[C@H](NC(=O)c3ccno3)C2)c1. The zero-order valence-corrected chi connectivity index (χ0v) is 13.6. The van der Waals surface area contributed by atoms with E-state index < -0.39 is 5.60 Å². The lowest BCUT2D eigenvalue weighted by Crippen LogP contribution is -2.45. The van der Waals surface area contributed by atoms with Gasteiger partial charge in [0.2, 0.25) is 5.76 Å². The topological polar surface area (TPSA) is 75.4 Å². The highest BCUT2D eigenvalue weighted by Crippen LogP contribution is 2.28. The Morgan fingerprint density at radius 1 is 1.46 bits per heavy atom. The van der Waals surface area contributed by atoms with Gasteiger partial charge in [-0.1, -0.05) is 29.1 Å². The molecule has 24 heavy (non-hydrogen) atoms. The number of rotatable bonds is 2. The maximum Gasteiger partial charge on any atom is 0.290 e. The first-order valence-electron chi connectivity index (χ1n) is 8.08. The molecule has 0 saturated heterocycles. The van der Waals surface area contributed by atoms with Gasteiger partial charge in [0, 0.05) is 24.1 Å². The molecular weight excluding hydrogens is 304 g/mol. The normalized spacial score (nSPS) is 23.2. The van der Waals surface area contributed by atoms with Crippen LogP contribution in [0.5, 0.6) is 0 Å². The van der Waals surface area contributed by atoms with Gasteiger partial charge >= 0.3 is 0 Å². The van der Waals surface area contributed by atoms with Crippen LogP contribution in [0.25, 0.3) is 0 Å². The number of carbonyl (C=O) groups is 1. The Morgan fingerprint density at radius 3 is 3.08 bits per heavy atom. The van der Waals surface area contributed by atoms with Crippen molar-refractivity contribution in [2.45, 2.75) is 44.2 Å². The number of amides is 1. The zero-order chi connectivity index (χ0) is 17.0. The summed E-state index contributed by atoms with van der Waals surface area (Å²) in [7, 11) is 0. The summed E-state index contributed by atoms with van der Waals surface area (Å²) in [6.45, 7) is 2.01. The summed E-state index contributed by atoms with van der Waals surface area (Å²) in [5.74, 6) is 5.92. The number of nitrogens with one attached hydrogen (secondary N) is 1. The largest absolute Gasteiger partial charge is 0.378 e. The van der Waals surface area contributed by atoms with E-state index in [0.29, 0.717) is 12.8 Å². The quantitative estimate of drug-likeness (QED) is 0.832. The third-order valence-corrected chi connectivity index (χ3v) is 4.18. The number of nitrogens with zero attached hydrogens (tertiary/aromatic N) is 1. The number of benzene rings is 1. The van der Waals surface area contributed by atoms with Gasteiger partial charge < -0.3 is 14.9 Å². The van der Waals surface area contributed by atoms with Gasteiger partial charge in [0.15, 0.2) is 0 Å². The van der Waals surface area contributed by atoms with E-state index in [0.717, 1.165) is 24.0 Å². The molecule has 1 aliphatic carbocycles. The molecule has 1 aromatic heterocycles. The van der Waals surface area contributed by atoms with Crippen LogP contribution in [0.15, 0.2) is 41.1 Å². The van der Waals surface area contributed by atoms with Crippen molar-refractivity contribution in [3.63, 3.8) is 0 Å². The number of aromatic nitrogens is 1. The van der Waals surface area contributed by atoms with Crippen molar-refractivity contribution in [1.82, 2.24) is 10.5 Å². The van der Waals surface area contributed by atoms with E-state index in [4.69, 9.17) is 4.52 Å². The van der Waals surface area contributed by atoms with Crippen molar-refractivity contribution in [2.75, 3.05) is 0 Å². The number of hydrogen-bond donors (Lipinski definition) is 2. The molecule has 1 heterocycles. The first-order valence-corrected chi connectivity index (χ1v) is 8.08. The van der Waals surface area contributed by atoms with Gasteiger partial charge in [-0.15, -0.1) is 0 Å². The third kappa shape index (κ3) is 4.03. The molecule has 1 aromatic carbocycles. The smallest absolute Gasteiger partial charge is 0.290 e. The van der Waals surface area contributed by atoms with E-state index in [-0.39, 0.29) is 17.7 Å². The van der Waals surface area contributed by atoms with Crippen molar-refractivity contribution < 1.29 is 14.4 Å². The van der Waals surface area contributed by atoms with E-state index in [1.165, 1.54) is 12.3 Å².